The molecule has 2 atom stereocenters. The number of aromatic amines is 1. The number of carbonyl (C=O) groups excluding carboxylic acids is 2. The largest absolute Gasteiger partial charge is 0.446 e. The van der Waals surface area contributed by atoms with Crippen molar-refractivity contribution >= 4 is 17.8 Å². The molecule has 2 aromatic rings. The van der Waals surface area contributed by atoms with Crippen LogP contribution in [0.1, 0.15) is 67.8 Å². The van der Waals surface area contributed by atoms with Crippen molar-refractivity contribution in [3.05, 3.63) is 29.2 Å². The van der Waals surface area contributed by atoms with Gasteiger partial charge in [0.05, 0.1) is 12.3 Å². The minimum absolute atomic E-state index is 0.0445. The standard InChI is InChI=1S/C20H30N6O4/c1-5-26-17(9-14(25-26)11-29-4)19(27)22-18-10-16(23-24-18)13-6-7-15(8-13)30-20(28)21-12(2)3/h9-10,12-13,15H,5-8,11H2,1-4H3,(H,21,28)(H2,22,23,24,27). The SMILES string of the molecule is CCn1nc(COC)cc1C(=O)Nc1cc(C2CCC(OC(=O)NC(C)C)C2)[nH]n1. The molecule has 164 valence electrons. The van der Waals surface area contributed by atoms with Crippen molar-refractivity contribution in [2.75, 3.05) is 12.4 Å². The molecule has 3 rings (SSSR count). The first-order valence-electron chi connectivity index (χ1n) is 10.3. The molecule has 2 unspecified atom stereocenters. The molecule has 30 heavy (non-hydrogen) atoms. The Morgan fingerprint density at radius 3 is 2.83 bits per heavy atom. The first kappa shape index (κ1) is 21.8. The van der Waals surface area contributed by atoms with E-state index >= 15 is 0 Å². The summed E-state index contributed by atoms with van der Waals surface area (Å²) in [5.74, 6) is 0.381. The second-order valence-corrected chi connectivity index (χ2v) is 7.77. The predicted octanol–water partition coefficient (Wildman–Crippen LogP) is 2.80. The van der Waals surface area contributed by atoms with E-state index < -0.39 is 0 Å². The van der Waals surface area contributed by atoms with Crippen molar-refractivity contribution in [3.63, 3.8) is 0 Å². The smallest absolute Gasteiger partial charge is 0.407 e. The van der Waals surface area contributed by atoms with Gasteiger partial charge in [-0.3, -0.25) is 14.6 Å². The van der Waals surface area contributed by atoms with E-state index in [1.165, 1.54) is 0 Å². The Bertz CT molecular complexity index is 875. The van der Waals surface area contributed by atoms with Crippen molar-refractivity contribution in [2.24, 2.45) is 0 Å². The second-order valence-electron chi connectivity index (χ2n) is 7.77. The van der Waals surface area contributed by atoms with Gasteiger partial charge in [-0.2, -0.15) is 10.2 Å². The minimum Gasteiger partial charge on any atom is -0.446 e. The van der Waals surface area contributed by atoms with Crippen LogP contribution in [0, 0.1) is 0 Å². The molecule has 2 aromatic heterocycles. The van der Waals surface area contributed by atoms with Crippen LogP contribution in [-0.4, -0.2) is 51.2 Å². The molecule has 0 aliphatic heterocycles. The Kier molecular flexibility index (Phi) is 7.09. The molecule has 10 heteroatoms. The quantitative estimate of drug-likeness (QED) is 0.606. The van der Waals surface area contributed by atoms with Crippen LogP contribution in [0.2, 0.25) is 0 Å². The summed E-state index contributed by atoms with van der Waals surface area (Å²) in [7, 11) is 1.59. The van der Waals surface area contributed by atoms with Crippen molar-refractivity contribution in [3.8, 4) is 0 Å². The highest BCUT2D eigenvalue weighted by molar-refractivity contribution is 6.02. The Morgan fingerprint density at radius 1 is 1.33 bits per heavy atom. The topological polar surface area (TPSA) is 123 Å². The van der Waals surface area contributed by atoms with Crippen LogP contribution < -0.4 is 10.6 Å². The van der Waals surface area contributed by atoms with E-state index in [0.29, 0.717) is 30.4 Å². The van der Waals surface area contributed by atoms with Gasteiger partial charge in [-0.1, -0.05) is 0 Å². The normalized spacial score (nSPS) is 18.6. The number of carbonyl (C=O) groups is 2. The molecule has 2 heterocycles. The van der Waals surface area contributed by atoms with E-state index in [4.69, 9.17) is 9.47 Å². The van der Waals surface area contributed by atoms with Gasteiger partial charge in [0.15, 0.2) is 5.82 Å². The van der Waals surface area contributed by atoms with Gasteiger partial charge in [-0.05, 0) is 46.1 Å². The average molecular weight is 418 g/mol. The number of amides is 2. The number of alkyl carbamates (subject to hydrolysis) is 1. The maximum Gasteiger partial charge on any atom is 0.407 e. The molecule has 3 N–H and O–H groups in total. The van der Waals surface area contributed by atoms with Crippen LogP contribution in [0.25, 0.3) is 0 Å². The number of hydrogen-bond acceptors (Lipinski definition) is 6. The van der Waals surface area contributed by atoms with Gasteiger partial charge >= 0.3 is 6.09 Å². The molecule has 2 amide bonds. The van der Waals surface area contributed by atoms with Gasteiger partial charge in [0, 0.05) is 37.4 Å². The lowest BCUT2D eigenvalue weighted by Crippen LogP contribution is -2.33. The zero-order valence-corrected chi connectivity index (χ0v) is 17.9. The number of anilines is 1. The lowest BCUT2D eigenvalue weighted by molar-refractivity contribution is 0.0979. The maximum absolute atomic E-state index is 12.7. The van der Waals surface area contributed by atoms with Gasteiger partial charge in [-0.25, -0.2) is 4.79 Å². The number of ether oxygens (including phenoxy) is 2. The van der Waals surface area contributed by atoms with Gasteiger partial charge in [0.25, 0.3) is 5.91 Å². The van der Waals surface area contributed by atoms with Crippen LogP contribution in [0.15, 0.2) is 12.1 Å². The number of methoxy groups -OCH3 is 1. The third kappa shape index (κ3) is 5.38. The van der Waals surface area contributed by atoms with Gasteiger partial charge < -0.3 is 20.1 Å². The summed E-state index contributed by atoms with van der Waals surface area (Å²) in [5, 5.41) is 17.1. The van der Waals surface area contributed by atoms with Gasteiger partial charge in [-0.15, -0.1) is 0 Å². The van der Waals surface area contributed by atoms with E-state index in [1.54, 1.807) is 17.9 Å². The number of aryl methyl sites for hydroxylation is 1. The molecule has 10 nitrogen and oxygen atoms in total. The van der Waals surface area contributed by atoms with Crippen LogP contribution in [0.5, 0.6) is 0 Å². The number of hydrogen-bond donors (Lipinski definition) is 3. The monoisotopic (exact) mass is 418 g/mol. The molecule has 1 aliphatic rings. The number of nitrogens with one attached hydrogen (secondary N) is 3. The highest BCUT2D eigenvalue weighted by Gasteiger charge is 2.30. The van der Waals surface area contributed by atoms with Crippen LogP contribution >= 0.6 is 0 Å². The molecule has 0 saturated heterocycles. The Labute approximate surface area is 175 Å². The fourth-order valence-electron chi connectivity index (χ4n) is 3.65. The van der Waals surface area contributed by atoms with Crippen LogP contribution in [0.4, 0.5) is 10.6 Å². The summed E-state index contributed by atoms with van der Waals surface area (Å²) in [5.41, 5.74) is 2.08. The van der Waals surface area contributed by atoms with Crippen molar-refractivity contribution < 1.29 is 19.1 Å². The first-order valence-corrected chi connectivity index (χ1v) is 10.3. The Hall–Kier alpha value is -2.88. The summed E-state index contributed by atoms with van der Waals surface area (Å²) < 4.78 is 12.2. The fraction of sp³-hybridized carbons (Fsp3) is 0.600. The van der Waals surface area contributed by atoms with Gasteiger partial charge in [0.1, 0.15) is 11.8 Å². The summed E-state index contributed by atoms with van der Waals surface area (Å²) in [6.07, 6.45) is 1.92. The van der Waals surface area contributed by atoms with E-state index in [-0.39, 0.29) is 30.1 Å². The van der Waals surface area contributed by atoms with Crippen LogP contribution in [-0.2, 0) is 22.6 Å². The highest BCUT2D eigenvalue weighted by Crippen LogP contribution is 2.35. The predicted molar refractivity (Wildman–Crippen MR) is 110 cm³/mol. The first-order chi connectivity index (χ1) is 14.4. The van der Waals surface area contributed by atoms with Crippen molar-refractivity contribution in [1.29, 1.82) is 0 Å². The van der Waals surface area contributed by atoms with Crippen molar-refractivity contribution in [2.45, 2.75) is 71.2 Å². The third-order valence-electron chi connectivity index (χ3n) is 5.00. The lowest BCUT2D eigenvalue weighted by atomic mass is 10.0. The van der Waals surface area contributed by atoms with E-state index in [2.05, 4.69) is 25.9 Å². The van der Waals surface area contributed by atoms with E-state index in [1.807, 2.05) is 26.8 Å². The molecule has 1 fully saturated rings. The number of rotatable bonds is 8. The molecule has 1 saturated carbocycles. The van der Waals surface area contributed by atoms with E-state index in [0.717, 1.165) is 25.0 Å². The van der Waals surface area contributed by atoms with E-state index in [9.17, 15) is 9.59 Å². The fourth-order valence-corrected chi connectivity index (χ4v) is 3.65. The molecule has 1 aliphatic carbocycles. The number of nitrogens with zero attached hydrogens (tertiary/aromatic N) is 3. The molecular formula is C20H30N6O4. The third-order valence-corrected chi connectivity index (χ3v) is 5.00. The zero-order chi connectivity index (χ0) is 21.7. The lowest BCUT2D eigenvalue weighted by Gasteiger charge is -2.14. The Morgan fingerprint density at radius 2 is 2.13 bits per heavy atom. The van der Waals surface area contributed by atoms with Crippen LogP contribution in [0.3, 0.4) is 0 Å². The summed E-state index contributed by atoms with van der Waals surface area (Å²) >= 11 is 0. The zero-order valence-electron chi connectivity index (χ0n) is 17.9. The summed E-state index contributed by atoms with van der Waals surface area (Å²) in [4.78, 5) is 24.5. The van der Waals surface area contributed by atoms with Gasteiger partial charge in [0.2, 0.25) is 0 Å². The average Bonchev–Trinajstić information content (AvgIpc) is 3.40. The summed E-state index contributed by atoms with van der Waals surface area (Å²) in [6, 6.07) is 3.60. The number of H-pyrrole nitrogens is 1. The van der Waals surface area contributed by atoms with Crippen molar-refractivity contribution in [1.82, 2.24) is 25.3 Å². The number of aromatic nitrogens is 4. The molecule has 0 spiro atoms. The molecular weight excluding hydrogens is 388 g/mol. The highest BCUT2D eigenvalue weighted by atomic mass is 16.6. The maximum atomic E-state index is 12.7. The minimum atomic E-state index is -0.381. The molecule has 0 aromatic carbocycles. The Balaban J connectivity index is 1.58. The summed E-state index contributed by atoms with van der Waals surface area (Å²) in [6.45, 7) is 6.63. The molecule has 0 bridgehead atoms. The molecule has 0 radical (unpaired) electrons. The second kappa shape index (κ2) is 9.75.